The predicted molar refractivity (Wildman–Crippen MR) is 126 cm³/mol. The number of aliphatic hydroxyl groups is 3. The van der Waals surface area contributed by atoms with Crippen LogP contribution in [-0.2, 0) is 4.74 Å². The number of rotatable bonds is 1. The van der Waals surface area contributed by atoms with Crippen LogP contribution >= 0.6 is 0 Å². The van der Waals surface area contributed by atoms with E-state index in [1.807, 2.05) is 0 Å². The molecule has 4 aliphatic rings. The zero-order valence-electron chi connectivity index (χ0n) is 19.4. The Morgan fingerprint density at radius 3 is 1.79 bits per heavy atom. The van der Waals surface area contributed by atoms with Crippen LogP contribution in [0.4, 0.5) is 17.6 Å². The number of fused-ring (bicyclic) bond motifs is 9. The van der Waals surface area contributed by atoms with E-state index in [1.165, 1.54) is 9.13 Å². The SMILES string of the molecule is O=C1NC(=O)c2c1c1c3cc(F)c(F)cc3n3c1c1c2c2cc(F)c(F)cc2n1[C@H]1C(O)C(O)[C@H]3O[C@@H]1CO. The lowest BCUT2D eigenvalue weighted by Gasteiger charge is -2.45. The first-order valence-corrected chi connectivity index (χ1v) is 11.9. The number of carbonyl (C=O) groups is 2. The van der Waals surface area contributed by atoms with E-state index in [-0.39, 0.29) is 54.7 Å². The van der Waals surface area contributed by atoms with Crippen molar-refractivity contribution in [3.05, 3.63) is 58.7 Å². The lowest BCUT2D eigenvalue weighted by molar-refractivity contribution is -0.225. The number of hydrogen-bond acceptors (Lipinski definition) is 6. The van der Waals surface area contributed by atoms with Gasteiger partial charge in [0.15, 0.2) is 29.5 Å². The average molecular weight is 541 g/mol. The lowest BCUT2D eigenvalue weighted by atomic mass is 9.92. The van der Waals surface area contributed by atoms with Gasteiger partial charge >= 0.3 is 0 Å². The van der Waals surface area contributed by atoms with Gasteiger partial charge in [-0.15, -0.1) is 0 Å². The molecular weight excluding hydrogens is 526 g/mol. The third-order valence-electron chi connectivity index (χ3n) is 8.17. The third kappa shape index (κ3) is 2.49. The summed E-state index contributed by atoms with van der Waals surface area (Å²) in [5, 5.41) is 35.0. The van der Waals surface area contributed by atoms with E-state index in [9.17, 15) is 42.5 Å². The molecule has 3 aromatic carbocycles. The van der Waals surface area contributed by atoms with Crippen LogP contribution in [0, 0.1) is 23.3 Å². The molecule has 198 valence electrons. The summed E-state index contributed by atoms with van der Waals surface area (Å²) in [5.41, 5.74) is -0.261. The van der Waals surface area contributed by atoms with Gasteiger partial charge in [0.25, 0.3) is 11.8 Å². The summed E-state index contributed by atoms with van der Waals surface area (Å²) < 4.78 is 67.1. The molecule has 6 heterocycles. The Morgan fingerprint density at radius 1 is 0.769 bits per heavy atom. The van der Waals surface area contributed by atoms with Gasteiger partial charge in [-0.3, -0.25) is 14.9 Å². The molecule has 0 saturated carbocycles. The van der Waals surface area contributed by atoms with Crippen LogP contribution in [0.2, 0.25) is 0 Å². The predicted octanol–water partition coefficient (Wildman–Crippen LogP) is 2.51. The summed E-state index contributed by atoms with van der Waals surface area (Å²) in [4.78, 5) is 26.3. The highest BCUT2D eigenvalue weighted by molar-refractivity contribution is 6.39. The fourth-order valence-electron chi connectivity index (χ4n) is 6.70. The highest BCUT2D eigenvalue weighted by Gasteiger charge is 2.51. The van der Waals surface area contributed by atoms with Crippen LogP contribution in [0.25, 0.3) is 43.6 Å². The molecule has 4 N–H and O–H groups in total. The van der Waals surface area contributed by atoms with Crippen LogP contribution in [0.5, 0.6) is 0 Å². The molecule has 4 aliphatic heterocycles. The normalized spacial score (nSPS) is 25.9. The second kappa shape index (κ2) is 7.12. The van der Waals surface area contributed by atoms with E-state index in [0.29, 0.717) is 0 Å². The molecule has 1 saturated heterocycles. The highest BCUT2D eigenvalue weighted by Crippen LogP contribution is 2.52. The second-order valence-corrected chi connectivity index (χ2v) is 10.0. The van der Waals surface area contributed by atoms with Crippen molar-refractivity contribution in [3.8, 4) is 0 Å². The van der Waals surface area contributed by atoms with Gasteiger partial charge in [0.05, 0.1) is 45.8 Å². The Bertz CT molecular complexity index is 2010. The van der Waals surface area contributed by atoms with Crippen molar-refractivity contribution in [2.45, 2.75) is 30.6 Å². The van der Waals surface area contributed by atoms with E-state index >= 15 is 0 Å². The number of benzene rings is 3. The van der Waals surface area contributed by atoms with Crippen molar-refractivity contribution >= 4 is 55.4 Å². The smallest absolute Gasteiger partial charge is 0.259 e. The van der Waals surface area contributed by atoms with Crippen LogP contribution < -0.4 is 5.32 Å². The summed E-state index contributed by atoms with van der Waals surface area (Å²) >= 11 is 0. The fraction of sp³-hybridized carbons (Fsp3) is 0.231. The number of aromatic nitrogens is 2. The van der Waals surface area contributed by atoms with Crippen molar-refractivity contribution in [1.29, 1.82) is 0 Å². The van der Waals surface area contributed by atoms with E-state index in [2.05, 4.69) is 5.32 Å². The minimum absolute atomic E-state index is 0.00254. The number of nitrogens with zero attached hydrogens (tertiary/aromatic N) is 2. The van der Waals surface area contributed by atoms with Gasteiger partial charge in [0, 0.05) is 33.7 Å². The van der Waals surface area contributed by atoms with Crippen LogP contribution in [-0.4, -0.2) is 61.2 Å². The maximum absolute atomic E-state index is 14.7. The number of ether oxygens (including phenoxy) is 1. The molecule has 2 unspecified atom stereocenters. The topological polar surface area (TPSA) is 126 Å². The molecule has 0 radical (unpaired) electrons. The summed E-state index contributed by atoms with van der Waals surface area (Å²) in [5.74, 6) is -6.70. The number of nitrogens with one attached hydrogen (secondary N) is 1. The van der Waals surface area contributed by atoms with Crippen molar-refractivity contribution in [1.82, 2.24) is 14.5 Å². The first-order valence-electron chi connectivity index (χ1n) is 11.9. The molecule has 1 fully saturated rings. The highest BCUT2D eigenvalue weighted by atomic mass is 19.2. The van der Waals surface area contributed by atoms with Gasteiger partial charge in [-0.1, -0.05) is 0 Å². The molecule has 9 nitrogen and oxygen atoms in total. The molecule has 5 atom stereocenters. The number of imide groups is 1. The lowest BCUT2D eigenvalue weighted by Crippen LogP contribution is -2.54. The number of halogens is 4. The molecule has 0 spiro atoms. The minimum Gasteiger partial charge on any atom is -0.394 e. The zero-order valence-corrected chi connectivity index (χ0v) is 19.4. The average Bonchev–Trinajstić information content (AvgIpc) is 3.47. The van der Waals surface area contributed by atoms with Gasteiger partial charge < -0.3 is 29.2 Å². The summed E-state index contributed by atoms with van der Waals surface area (Å²) in [6.45, 7) is -0.680. The Balaban J connectivity index is 1.78. The Hall–Kier alpha value is -4.04. The van der Waals surface area contributed by atoms with Crippen molar-refractivity contribution in [2.24, 2.45) is 0 Å². The molecule has 5 aromatic rings. The second-order valence-electron chi connectivity index (χ2n) is 10.0. The summed E-state index contributed by atoms with van der Waals surface area (Å²) in [7, 11) is 0. The maximum Gasteiger partial charge on any atom is 0.259 e. The first kappa shape index (κ1) is 22.9. The maximum atomic E-state index is 14.7. The largest absolute Gasteiger partial charge is 0.394 e. The van der Waals surface area contributed by atoms with Crippen LogP contribution in [0.15, 0.2) is 24.3 Å². The van der Waals surface area contributed by atoms with Gasteiger partial charge in [-0.25, -0.2) is 17.6 Å². The zero-order chi connectivity index (χ0) is 27.2. The van der Waals surface area contributed by atoms with Gasteiger partial charge in [0.2, 0.25) is 0 Å². The molecule has 2 bridgehead atoms. The Morgan fingerprint density at radius 2 is 1.26 bits per heavy atom. The number of hydrogen-bond donors (Lipinski definition) is 4. The minimum atomic E-state index is -1.70. The first-order chi connectivity index (χ1) is 18.6. The molecule has 9 rings (SSSR count). The Kier molecular flexibility index (Phi) is 4.18. The third-order valence-corrected chi connectivity index (χ3v) is 8.17. The fourth-order valence-corrected chi connectivity index (χ4v) is 6.70. The molecule has 2 aromatic heterocycles. The molecular formula is C26H15F4N3O6. The number of carbonyl (C=O) groups excluding carboxylic acids is 2. The van der Waals surface area contributed by atoms with Gasteiger partial charge in [-0.2, -0.15) is 0 Å². The number of aliphatic hydroxyl groups excluding tert-OH is 3. The number of amides is 2. The van der Waals surface area contributed by atoms with E-state index in [4.69, 9.17) is 4.74 Å². The molecule has 39 heavy (non-hydrogen) atoms. The van der Waals surface area contributed by atoms with E-state index < -0.39 is 72.3 Å². The quantitative estimate of drug-likeness (QED) is 0.191. The van der Waals surface area contributed by atoms with Crippen LogP contribution in [0.3, 0.4) is 0 Å². The molecule has 2 amide bonds. The Labute approximate surface area is 213 Å². The molecule has 13 heteroatoms. The van der Waals surface area contributed by atoms with Crippen molar-refractivity contribution < 1.29 is 47.2 Å². The van der Waals surface area contributed by atoms with E-state index in [0.717, 1.165) is 24.3 Å². The van der Waals surface area contributed by atoms with Crippen LogP contribution in [0.1, 0.15) is 33.0 Å². The summed E-state index contributed by atoms with van der Waals surface area (Å²) in [6.07, 6.45) is -6.02. The standard InChI is InChI=1S/C26H15F4N3O6/c27-8-1-6-12(3-10(8)29)32-19-14(5-34)39-26(23(36)22(19)35)33-13-4-11(30)9(28)2-7(13)16-18-17(24(37)31-25(18)38)15(6)20(32)21(16)33/h1-4,14,19,22-23,26,34-36H,5H2,(H,31,37,38)/t14-,19-,22?,23?,26-/m1/s1. The van der Waals surface area contributed by atoms with Gasteiger partial charge in [0.1, 0.15) is 18.3 Å². The monoisotopic (exact) mass is 541 g/mol. The van der Waals surface area contributed by atoms with Crippen molar-refractivity contribution in [3.63, 3.8) is 0 Å². The van der Waals surface area contributed by atoms with Crippen molar-refractivity contribution in [2.75, 3.05) is 6.61 Å². The summed E-state index contributed by atoms with van der Waals surface area (Å²) in [6, 6.07) is 2.08. The molecule has 0 aliphatic carbocycles. The van der Waals surface area contributed by atoms with Gasteiger partial charge in [-0.05, 0) is 12.1 Å². The van der Waals surface area contributed by atoms with E-state index in [1.54, 1.807) is 0 Å².